The van der Waals surface area contributed by atoms with Crippen molar-refractivity contribution in [1.82, 2.24) is 20.9 Å². The van der Waals surface area contributed by atoms with Crippen LogP contribution >= 0.6 is 0 Å². The molecule has 0 fully saturated rings. The summed E-state index contributed by atoms with van der Waals surface area (Å²) in [5.74, 6) is 0.222. The number of nitrogens with one attached hydrogen (secondary N) is 2. The van der Waals surface area contributed by atoms with Gasteiger partial charge in [0, 0.05) is 30.8 Å². The fraction of sp³-hybridized carbons (Fsp3) is 0.250. The molecule has 0 bridgehead atoms. The number of amides is 1. The van der Waals surface area contributed by atoms with E-state index in [-0.39, 0.29) is 36.3 Å². The molecule has 0 radical (unpaired) electrons. The Morgan fingerprint density at radius 1 is 1.13 bits per heavy atom. The average molecular weight is 451 g/mol. The second kappa shape index (κ2) is 11.7. The summed E-state index contributed by atoms with van der Waals surface area (Å²) >= 11 is 0. The summed E-state index contributed by atoms with van der Waals surface area (Å²) in [6.45, 7) is 1.33. The Morgan fingerprint density at radius 3 is 2.61 bits per heavy atom. The van der Waals surface area contributed by atoms with Crippen molar-refractivity contribution < 1.29 is 35.7 Å². The predicted molar refractivity (Wildman–Crippen MR) is 106 cm³/mol. The zero-order chi connectivity index (χ0) is 21.3. The zero-order valence-electron chi connectivity index (χ0n) is 16.7. The summed E-state index contributed by atoms with van der Waals surface area (Å²) in [7, 11) is 1.54. The highest BCUT2D eigenvalue weighted by Gasteiger charge is 2.15. The van der Waals surface area contributed by atoms with Crippen molar-refractivity contribution in [3.63, 3.8) is 0 Å². The van der Waals surface area contributed by atoms with Gasteiger partial charge in [0.1, 0.15) is 12.4 Å². The first-order valence-electron chi connectivity index (χ1n) is 9.19. The number of carbonyl (C=O) groups is 1. The van der Waals surface area contributed by atoms with Gasteiger partial charge in [-0.1, -0.05) is 30.3 Å². The normalized spacial score (nSPS) is 10.3. The van der Waals surface area contributed by atoms with Crippen LogP contribution in [0.3, 0.4) is 0 Å². The molecular weight excluding hydrogens is 429 g/mol. The maximum atomic E-state index is 13.9. The summed E-state index contributed by atoms with van der Waals surface area (Å²) in [6, 6.07) is 11.9. The van der Waals surface area contributed by atoms with Crippen LogP contribution in [0.25, 0.3) is 0 Å². The fourth-order valence-corrected chi connectivity index (χ4v) is 2.71. The molecule has 0 spiro atoms. The van der Waals surface area contributed by atoms with Crippen LogP contribution in [0.15, 0.2) is 47.1 Å². The molecule has 0 unspecified atom stereocenters. The van der Waals surface area contributed by atoms with Gasteiger partial charge in [0.15, 0.2) is 11.5 Å². The van der Waals surface area contributed by atoms with Gasteiger partial charge >= 0.3 is 0 Å². The quantitative estimate of drug-likeness (QED) is 0.333. The molecule has 0 aliphatic carbocycles. The van der Waals surface area contributed by atoms with Crippen LogP contribution in [0.5, 0.6) is 11.5 Å². The number of carbonyl (C=O) groups excluding carboxylic acids is 1. The van der Waals surface area contributed by atoms with Gasteiger partial charge < -0.3 is 38.2 Å². The third-order valence-corrected chi connectivity index (χ3v) is 4.24. The van der Waals surface area contributed by atoms with E-state index in [4.69, 9.17) is 15.2 Å². The Morgan fingerprint density at radius 2 is 1.90 bits per heavy atom. The molecule has 166 valence electrons. The van der Waals surface area contributed by atoms with Crippen molar-refractivity contribution in [2.45, 2.75) is 13.2 Å². The summed E-state index contributed by atoms with van der Waals surface area (Å²) in [5, 5.41) is 12.7. The summed E-state index contributed by atoms with van der Waals surface area (Å²) < 4.78 is 29.5. The maximum Gasteiger partial charge on any atom is 0.277 e. The van der Waals surface area contributed by atoms with Crippen molar-refractivity contribution in [2.75, 3.05) is 25.9 Å². The second-order valence-electron chi connectivity index (χ2n) is 6.26. The highest BCUT2D eigenvalue weighted by atomic mass is 35.5. The molecule has 3 rings (SSSR count). The van der Waals surface area contributed by atoms with Crippen molar-refractivity contribution in [2.24, 2.45) is 0 Å². The van der Waals surface area contributed by atoms with E-state index >= 15 is 0 Å². The molecule has 1 aromatic heterocycles. The van der Waals surface area contributed by atoms with Gasteiger partial charge in [-0.15, -0.1) is 0 Å². The number of nitrogen functional groups attached to an aromatic ring is 1. The van der Waals surface area contributed by atoms with E-state index in [9.17, 15) is 9.18 Å². The fourth-order valence-electron chi connectivity index (χ4n) is 2.71. The minimum atomic E-state index is -0.467. The third-order valence-electron chi connectivity index (χ3n) is 4.24. The first kappa shape index (κ1) is 23.9. The highest BCUT2D eigenvalue weighted by molar-refractivity contribution is 5.95. The van der Waals surface area contributed by atoms with Crippen molar-refractivity contribution in [3.05, 3.63) is 65.1 Å². The van der Waals surface area contributed by atoms with Gasteiger partial charge in [0.05, 0.1) is 7.11 Å². The Labute approximate surface area is 184 Å². The molecule has 1 amide bonds. The Balaban J connectivity index is 0.00000341. The van der Waals surface area contributed by atoms with Crippen LogP contribution in [-0.4, -0.2) is 36.4 Å². The average Bonchev–Trinajstić information content (AvgIpc) is 3.19. The molecule has 0 aliphatic rings. The van der Waals surface area contributed by atoms with Gasteiger partial charge in [-0.2, -0.15) is 0 Å². The van der Waals surface area contributed by atoms with Crippen LogP contribution in [0, 0.1) is 5.82 Å². The molecule has 3 aromatic rings. The number of hydrogen-bond donors (Lipinski definition) is 3. The van der Waals surface area contributed by atoms with Gasteiger partial charge in [0.25, 0.3) is 5.91 Å². The summed E-state index contributed by atoms with van der Waals surface area (Å²) in [4.78, 5) is 11.9. The molecule has 0 aliphatic heterocycles. The van der Waals surface area contributed by atoms with Crippen LogP contribution in [0.2, 0.25) is 0 Å². The Hall–Kier alpha value is -3.37. The van der Waals surface area contributed by atoms with E-state index in [0.29, 0.717) is 36.7 Å². The number of benzene rings is 2. The van der Waals surface area contributed by atoms with Crippen molar-refractivity contribution >= 4 is 11.7 Å². The number of ether oxygens (including phenoxy) is 2. The lowest BCUT2D eigenvalue weighted by molar-refractivity contribution is -0.0000161. The number of halogens is 2. The third kappa shape index (κ3) is 6.30. The van der Waals surface area contributed by atoms with Gasteiger partial charge in [-0.05, 0) is 22.4 Å². The smallest absolute Gasteiger partial charge is 0.277 e. The van der Waals surface area contributed by atoms with Crippen LogP contribution in [0.4, 0.5) is 10.2 Å². The van der Waals surface area contributed by atoms with Gasteiger partial charge in [-0.3, -0.25) is 4.79 Å². The molecule has 4 N–H and O–H groups in total. The molecule has 2 aromatic carbocycles. The minimum absolute atomic E-state index is 0. The molecular formula is C20H22ClFN5O4-. The molecule has 11 heteroatoms. The topological polar surface area (TPSA) is 125 Å². The number of aromatic nitrogens is 2. The standard InChI is InChI=1S/C20H22FN5O4.ClH/c1-28-16-8-4-6-13(18(16)29-12-14-5-2-3-7-15(14)21)11-23-9-10-24-20(27)17-19(22)26-30-25-17;/h2-8,23H,9-12H2,1H3,(H2,22,26)(H,24,27);1H/p-1. The van der Waals surface area contributed by atoms with Crippen LogP contribution < -0.4 is 38.2 Å². The second-order valence-corrected chi connectivity index (χ2v) is 6.26. The number of nitrogens with zero attached hydrogens (tertiary/aromatic N) is 2. The van der Waals surface area contributed by atoms with Gasteiger partial charge in [0.2, 0.25) is 11.5 Å². The number of anilines is 1. The first-order valence-corrected chi connectivity index (χ1v) is 9.19. The summed E-state index contributed by atoms with van der Waals surface area (Å²) in [5.41, 5.74) is 6.71. The monoisotopic (exact) mass is 450 g/mol. The molecule has 0 saturated heterocycles. The number of methoxy groups -OCH3 is 1. The number of para-hydroxylation sites is 1. The minimum Gasteiger partial charge on any atom is -1.00 e. The van der Waals surface area contributed by atoms with Gasteiger partial charge in [-0.25, -0.2) is 9.02 Å². The Kier molecular flexibility index (Phi) is 9.04. The number of hydrogen-bond acceptors (Lipinski definition) is 8. The largest absolute Gasteiger partial charge is 1.00 e. The van der Waals surface area contributed by atoms with E-state index in [1.807, 2.05) is 12.1 Å². The number of rotatable bonds is 10. The Bertz CT molecular complexity index is 1000. The molecule has 0 atom stereocenters. The molecule has 9 nitrogen and oxygen atoms in total. The first-order chi connectivity index (χ1) is 14.6. The van der Waals surface area contributed by atoms with E-state index < -0.39 is 5.91 Å². The van der Waals surface area contributed by atoms with E-state index in [2.05, 4.69) is 25.6 Å². The lowest BCUT2D eigenvalue weighted by atomic mass is 10.1. The molecule has 31 heavy (non-hydrogen) atoms. The summed E-state index contributed by atoms with van der Waals surface area (Å²) in [6.07, 6.45) is 0. The maximum absolute atomic E-state index is 13.9. The van der Waals surface area contributed by atoms with Crippen LogP contribution in [-0.2, 0) is 13.2 Å². The predicted octanol–water partition coefficient (Wildman–Crippen LogP) is -1.10. The van der Waals surface area contributed by atoms with Crippen molar-refractivity contribution in [1.29, 1.82) is 0 Å². The highest BCUT2D eigenvalue weighted by Crippen LogP contribution is 2.32. The lowest BCUT2D eigenvalue weighted by Gasteiger charge is -2.16. The molecule has 0 saturated carbocycles. The van der Waals surface area contributed by atoms with E-state index in [0.717, 1.165) is 5.56 Å². The number of nitrogens with two attached hydrogens (primary N) is 1. The van der Waals surface area contributed by atoms with Crippen molar-refractivity contribution in [3.8, 4) is 11.5 Å². The lowest BCUT2D eigenvalue weighted by Crippen LogP contribution is -3.00. The van der Waals surface area contributed by atoms with Crippen LogP contribution in [0.1, 0.15) is 21.6 Å². The van der Waals surface area contributed by atoms with E-state index in [1.165, 1.54) is 6.07 Å². The zero-order valence-corrected chi connectivity index (χ0v) is 17.5. The molecule has 1 heterocycles. The SMILES string of the molecule is COc1cccc(CNCCNC(=O)c2nonc2N)c1OCc1ccccc1F.[Cl-]. The van der Waals surface area contributed by atoms with E-state index in [1.54, 1.807) is 31.4 Å².